The van der Waals surface area contributed by atoms with Crippen LogP contribution in [0.15, 0.2) is 0 Å². The summed E-state index contributed by atoms with van der Waals surface area (Å²) in [6.45, 7) is 1.70. The quantitative estimate of drug-likeness (QED) is 0.201. The zero-order valence-corrected chi connectivity index (χ0v) is 18.2. The standard InChI is InChI=1S/2C5H11.Mo.2H3O3PS/c2*1-4-5(2)3;;2*1-4(2,3)5/h2*5H,1,4H2,2-3H3;;2*(H3,1,2,3,5). The van der Waals surface area contributed by atoms with Crippen molar-refractivity contribution in [2.45, 2.75) is 50.2 Å². The van der Waals surface area contributed by atoms with E-state index in [0.717, 1.165) is 11.8 Å². The number of hydrogen-bond donors (Lipinski definition) is 6. The van der Waals surface area contributed by atoms with Crippen molar-refractivity contribution in [3.05, 3.63) is 0 Å². The SMILES string of the molecule is CC(C)C[CH2][Mo][CH2]CC(C)C.OP(O)(O)=S.OP(O)(O)=S. The first-order valence-electron chi connectivity index (χ1n) is 6.27. The third-order valence-corrected chi connectivity index (χ3v) is 4.26. The predicted molar refractivity (Wildman–Crippen MR) is 90.4 cm³/mol. The molecule has 6 nitrogen and oxygen atoms in total. The minimum absolute atomic E-state index is 0.397. The molecular weight excluding hydrogens is 438 g/mol. The van der Waals surface area contributed by atoms with Crippen molar-refractivity contribution in [1.82, 2.24) is 0 Å². The monoisotopic (exact) mass is 468 g/mol. The summed E-state index contributed by atoms with van der Waals surface area (Å²) in [6.07, 6.45) is 2.95. The summed E-state index contributed by atoms with van der Waals surface area (Å²) in [6, 6.07) is 0. The molecule has 0 fully saturated rings. The van der Waals surface area contributed by atoms with Gasteiger partial charge in [-0.2, -0.15) is 0 Å². The number of hydrogen-bond acceptors (Lipinski definition) is 2. The minimum Gasteiger partial charge on any atom is -0.325 e. The fraction of sp³-hybridized carbons (Fsp3) is 1.00. The van der Waals surface area contributed by atoms with E-state index in [1.54, 1.807) is 9.62 Å². The van der Waals surface area contributed by atoms with Crippen molar-refractivity contribution in [2.75, 3.05) is 0 Å². The van der Waals surface area contributed by atoms with Crippen LogP contribution < -0.4 is 0 Å². The maximum absolute atomic E-state index is 7.56. The summed E-state index contributed by atoms with van der Waals surface area (Å²) in [5.41, 5.74) is 0. The maximum atomic E-state index is 7.56. The van der Waals surface area contributed by atoms with Crippen LogP contribution in [0, 0.1) is 11.8 Å². The van der Waals surface area contributed by atoms with Gasteiger partial charge in [-0.3, -0.25) is 0 Å². The largest absolute Gasteiger partial charge is 0.325 e. The van der Waals surface area contributed by atoms with Gasteiger partial charge in [0.2, 0.25) is 0 Å². The van der Waals surface area contributed by atoms with Crippen molar-refractivity contribution in [1.29, 1.82) is 0 Å². The van der Waals surface area contributed by atoms with Crippen molar-refractivity contribution in [2.24, 2.45) is 11.8 Å². The van der Waals surface area contributed by atoms with Gasteiger partial charge in [-0.1, -0.05) is 0 Å². The van der Waals surface area contributed by atoms with E-state index in [1.165, 1.54) is 12.8 Å². The summed E-state index contributed by atoms with van der Waals surface area (Å²) in [5, 5.41) is 0. The van der Waals surface area contributed by atoms with Crippen LogP contribution in [-0.4, -0.2) is 29.4 Å². The Labute approximate surface area is 146 Å². The Hall–Kier alpha value is 1.75. The molecule has 0 aliphatic rings. The van der Waals surface area contributed by atoms with Crippen molar-refractivity contribution < 1.29 is 47.9 Å². The Bertz CT molecular complexity index is 272. The second-order valence-electron chi connectivity index (χ2n) is 5.00. The molecule has 21 heavy (non-hydrogen) atoms. The van der Waals surface area contributed by atoms with E-state index < -0.39 is 13.4 Å². The van der Waals surface area contributed by atoms with Crippen LogP contribution in [0.25, 0.3) is 0 Å². The molecule has 0 radical (unpaired) electrons. The van der Waals surface area contributed by atoms with Gasteiger partial charge in [-0.25, -0.2) is 0 Å². The van der Waals surface area contributed by atoms with Gasteiger partial charge in [0.1, 0.15) is 0 Å². The predicted octanol–water partition coefficient (Wildman–Crippen LogP) is 2.37. The van der Waals surface area contributed by atoms with E-state index in [9.17, 15) is 0 Å². The molecule has 11 heteroatoms. The molecule has 0 aliphatic carbocycles. The molecule has 0 aromatic heterocycles. The Kier molecular flexibility index (Phi) is 20.1. The summed E-state index contributed by atoms with van der Waals surface area (Å²) in [7, 11) is 0. The van der Waals surface area contributed by atoms with Crippen LogP contribution in [-0.2, 0) is 42.2 Å². The zero-order valence-electron chi connectivity index (χ0n) is 12.8. The molecule has 0 unspecified atom stereocenters. The number of rotatable bonds is 6. The molecule has 0 spiro atoms. The second kappa shape index (κ2) is 15.3. The average Bonchev–Trinajstić information content (AvgIpc) is 2.10. The van der Waals surface area contributed by atoms with E-state index in [1.807, 2.05) is 0 Å². The molecule has 6 N–H and O–H groups in total. The van der Waals surface area contributed by atoms with Crippen molar-refractivity contribution in [3.8, 4) is 0 Å². The van der Waals surface area contributed by atoms with E-state index in [0.29, 0.717) is 18.6 Å². The smallest absolute Gasteiger partial charge is 0.319 e. The van der Waals surface area contributed by atoms with Crippen molar-refractivity contribution >= 4 is 37.1 Å². The Morgan fingerprint density at radius 3 is 1.05 bits per heavy atom. The van der Waals surface area contributed by atoms with Crippen molar-refractivity contribution in [3.63, 3.8) is 0 Å². The molecule has 0 amide bonds. The van der Waals surface area contributed by atoms with Gasteiger partial charge in [0.25, 0.3) is 0 Å². The second-order valence-corrected chi connectivity index (χ2v) is 13.0. The zero-order chi connectivity index (χ0) is 17.7. The molecule has 0 aliphatic heterocycles. The average molecular weight is 466 g/mol. The van der Waals surface area contributed by atoms with Gasteiger partial charge in [0.05, 0.1) is 0 Å². The molecule has 0 aromatic rings. The summed E-state index contributed by atoms with van der Waals surface area (Å²) in [5.74, 6) is 1.86. The van der Waals surface area contributed by atoms with Crippen LogP contribution in [0.2, 0.25) is 9.62 Å². The fourth-order valence-corrected chi connectivity index (χ4v) is 4.38. The third kappa shape index (κ3) is 89.3. The van der Waals surface area contributed by atoms with Crippen LogP contribution >= 0.6 is 13.4 Å². The third-order valence-electron chi connectivity index (χ3n) is 1.68. The first-order valence-corrected chi connectivity index (χ1v) is 14.4. The van der Waals surface area contributed by atoms with Gasteiger partial charge in [0.15, 0.2) is 0 Å². The Morgan fingerprint density at radius 1 is 0.714 bits per heavy atom. The normalized spacial score (nSPS) is 11.6. The first-order chi connectivity index (χ1) is 9.13. The first kappa shape index (κ1) is 27.6. The molecular formula is C10H28MoO6P2S2. The molecule has 0 saturated carbocycles. The molecule has 0 atom stereocenters. The summed E-state index contributed by atoms with van der Waals surface area (Å²) < 4.78 is 0. The molecule has 132 valence electrons. The van der Waals surface area contributed by atoms with Crippen LogP contribution in [0.3, 0.4) is 0 Å². The molecule has 0 bridgehead atoms. The van der Waals surface area contributed by atoms with E-state index in [2.05, 4.69) is 51.3 Å². The van der Waals surface area contributed by atoms with Crippen LogP contribution in [0.4, 0.5) is 0 Å². The van der Waals surface area contributed by atoms with Gasteiger partial charge in [0, 0.05) is 0 Å². The molecule has 0 aromatic carbocycles. The van der Waals surface area contributed by atoms with E-state index in [4.69, 9.17) is 29.4 Å². The van der Waals surface area contributed by atoms with E-state index >= 15 is 0 Å². The molecule has 0 rings (SSSR count). The van der Waals surface area contributed by atoms with Crippen LogP contribution in [0.1, 0.15) is 40.5 Å². The minimum atomic E-state index is -3.81. The van der Waals surface area contributed by atoms with Gasteiger partial charge >= 0.3 is 94.0 Å². The molecule has 0 saturated heterocycles. The van der Waals surface area contributed by atoms with Gasteiger partial charge < -0.3 is 29.4 Å². The Morgan fingerprint density at radius 2 is 0.905 bits per heavy atom. The fourth-order valence-electron chi connectivity index (χ4n) is 0.740. The van der Waals surface area contributed by atoms with Crippen LogP contribution in [0.5, 0.6) is 0 Å². The van der Waals surface area contributed by atoms with E-state index in [-0.39, 0.29) is 0 Å². The Balaban J connectivity index is -0.000000270. The van der Waals surface area contributed by atoms with Gasteiger partial charge in [-0.05, 0) is 23.6 Å². The van der Waals surface area contributed by atoms with Gasteiger partial charge in [-0.15, -0.1) is 0 Å². The summed E-state index contributed by atoms with van der Waals surface area (Å²) in [4.78, 5) is 48.5. The topological polar surface area (TPSA) is 121 Å². The summed E-state index contributed by atoms with van der Waals surface area (Å²) >= 11 is 7.61. The molecule has 0 heterocycles. The maximum Gasteiger partial charge on any atom is 0.319 e.